The van der Waals surface area contributed by atoms with Crippen LogP contribution in [0.1, 0.15) is 16.1 Å². The van der Waals surface area contributed by atoms with Gasteiger partial charge in [-0.05, 0) is 23.8 Å². The number of hydrogen-bond acceptors (Lipinski definition) is 4. The van der Waals surface area contributed by atoms with Crippen molar-refractivity contribution >= 4 is 29.3 Å². The van der Waals surface area contributed by atoms with E-state index in [2.05, 4.69) is 0 Å². The number of carbonyl (C=O) groups excluding carboxylic acids is 1. The molecule has 1 aromatic heterocycles. The van der Waals surface area contributed by atoms with Gasteiger partial charge in [0.15, 0.2) is 5.43 Å². The third kappa shape index (κ3) is 2.20. The van der Waals surface area contributed by atoms with Crippen LogP contribution in [0.2, 0.25) is 0 Å². The first-order valence-corrected chi connectivity index (χ1v) is 5.05. The molecule has 5 heteroatoms. The predicted octanol–water partition coefficient (Wildman–Crippen LogP) is 1.70. The topological polar surface area (TPSA) is 84.6 Å². The molecule has 0 unspecified atom stereocenters. The minimum Gasteiger partial charge on any atom is -0.475 e. The Morgan fingerprint density at radius 2 is 2.06 bits per heavy atom. The van der Waals surface area contributed by atoms with Crippen LogP contribution in [0.25, 0.3) is 17.0 Å². The van der Waals surface area contributed by atoms with Gasteiger partial charge < -0.3 is 9.52 Å². The van der Waals surface area contributed by atoms with Gasteiger partial charge in [-0.3, -0.25) is 9.59 Å². The van der Waals surface area contributed by atoms with E-state index in [1.54, 1.807) is 6.07 Å². The highest BCUT2D eigenvalue weighted by Gasteiger charge is 2.10. The Morgan fingerprint density at radius 1 is 1.28 bits per heavy atom. The molecule has 2 rings (SSSR count). The molecule has 0 atom stereocenters. The van der Waals surface area contributed by atoms with Crippen LogP contribution in [-0.4, -0.2) is 17.4 Å². The lowest BCUT2D eigenvalue weighted by molar-refractivity contribution is -0.104. The minimum absolute atomic E-state index is 0.197. The van der Waals surface area contributed by atoms with Gasteiger partial charge in [-0.15, -0.1) is 0 Å². The van der Waals surface area contributed by atoms with Crippen molar-refractivity contribution in [2.24, 2.45) is 0 Å². The number of hydrogen-bond donors (Lipinski definition) is 1. The Balaban J connectivity index is 2.65. The second kappa shape index (κ2) is 4.67. The summed E-state index contributed by atoms with van der Waals surface area (Å²) >= 11 is 0. The molecule has 90 valence electrons. The summed E-state index contributed by atoms with van der Waals surface area (Å²) in [6, 6.07) is 5.58. The zero-order valence-electron chi connectivity index (χ0n) is 9.12. The molecule has 18 heavy (non-hydrogen) atoms. The number of rotatable bonds is 3. The molecule has 0 spiro atoms. The predicted molar refractivity (Wildman–Crippen MR) is 64.5 cm³/mol. The molecule has 0 bridgehead atoms. The van der Waals surface area contributed by atoms with Crippen molar-refractivity contribution in [1.29, 1.82) is 0 Å². The molecule has 0 saturated carbocycles. The first kappa shape index (κ1) is 11.8. The molecular formula is C13H8O5. The molecule has 0 radical (unpaired) electrons. The maximum Gasteiger partial charge on any atom is 0.371 e. The van der Waals surface area contributed by atoms with Gasteiger partial charge in [0.2, 0.25) is 5.76 Å². The zero-order chi connectivity index (χ0) is 13.1. The molecule has 5 nitrogen and oxygen atoms in total. The van der Waals surface area contributed by atoms with Gasteiger partial charge in [-0.2, -0.15) is 0 Å². The van der Waals surface area contributed by atoms with Crippen LogP contribution in [0.5, 0.6) is 0 Å². The molecule has 0 aliphatic rings. The Morgan fingerprint density at radius 3 is 2.72 bits per heavy atom. The summed E-state index contributed by atoms with van der Waals surface area (Å²) in [5.74, 6) is -1.69. The van der Waals surface area contributed by atoms with Crippen LogP contribution >= 0.6 is 0 Å². The number of aldehydes is 1. The van der Waals surface area contributed by atoms with E-state index in [9.17, 15) is 14.4 Å². The lowest BCUT2D eigenvalue weighted by Gasteiger charge is -2.00. The average molecular weight is 244 g/mol. The summed E-state index contributed by atoms with van der Waals surface area (Å²) in [6.45, 7) is 0. The Bertz CT molecular complexity index is 709. The molecule has 1 heterocycles. The van der Waals surface area contributed by atoms with Gasteiger partial charge in [0, 0.05) is 6.07 Å². The normalized spacial score (nSPS) is 10.9. The molecule has 2 aromatic rings. The van der Waals surface area contributed by atoms with Crippen molar-refractivity contribution in [3.63, 3.8) is 0 Å². The van der Waals surface area contributed by atoms with Crippen LogP contribution in [0, 0.1) is 0 Å². The lowest BCUT2D eigenvalue weighted by atomic mass is 10.1. The summed E-state index contributed by atoms with van der Waals surface area (Å²) in [6.07, 6.45) is 3.46. The Hall–Kier alpha value is -2.69. The molecule has 1 aromatic carbocycles. The Labute approximate surface area is 101 Å². The minimum atomic E-state index is -1.29. The van der Waals surface area contributed by atoms with Gasteiger partial charge in [0.1, 0.15) is 11.9 Å². The summed E-state index contributed by atoms with van der Waals surface area (Å²) in [5, 5.41) is 9.03. The van der Waals surface area contributed by atoms with E-state index in [4.69, 9.17) is 9.52 Å². The highest BCUT2D eigenvalue weighted by Crippen LogP contribution is 2.15. The third-order valence-corrected chi connectivity index (χ3v) is 2.33. The summed E-state index contributed by atoms with van der Waals surface area (Å²) in [7, 11) is 0. The molecule has 0 aliphatic carbocycles. The largest absolute Gasteiger partial charge is 0.475 e. The van der Waals surface area contributed by atoms with Gasteiger partial charge in [0.05, 0.1) is 5.39 Å². The highest BCUT2D eigenvalue weighted by atomic mass is 16.4. The first-order valence-electron chi connectivity index (χ1n) is 5.05. The Kier molecular flexibility index (Phi) is 3.05. The van der Waals surface area contributed by atoms with E-state index < -0.39 is 17.2 Å². The van der Waals surface area contributed by atoms with Crippen LogP contribution in [0.3, 0.4) is 0 Å². The van der Waals surface area contributed by atoms with Crippen molar-refractivity contribution in [3.05, 3.63) is 51.9 Å². The van der Waals surface area contributed by atoms with Crippen molar-refractivity contribution in [2.75, 3.05) is 0 Å². The van der Waals surface area contributed by atoms with Crippen molar-refractivity contribution in [3.8, 4) is 0 Å². The van der Waals surface area contributed by atoms with E-state index in [1.165, 1.54) is 24.3 Å². The SMILES string of the molecule is O=CC=Cc1ccc2oc(C(=O)O)cc(=O)c2c1. The molecule has 0 fully saturated rings. The molecule has 0 amide bonds. The number of aromatic carboxylic acids is 1. The number of carboxylic acids is 1. The molecular weight excluding hydrogens is 236 g/mol. The maximum absolute atomic E-state index is 11.7. The van der Waals surface area contributed by atoms with Crippen LogP contribution in [-0.2, 0) is 4.79 Å². The summed E-state index contributed by atoms with van der Waals surface area (Å²) < 4.78 is 5.07. The van der Waals surface area contributed by atoms with E-state index in [0.717, 1.165) is 6.07 Å². The van der Waals surface area contributed by atoms with Crippen LogP contribution in [0.15, 0.2) is 39.6 Å². The molecule has 0 aliphatic heterocycles. The van der Waals surface area contributed by atoms with Crippen molar-refractivity contribution < 1.29 is 19.1 Å². The smallest absolute Gasteiger partial charge is 0.371 e. The number of carbonyl (C=O) groups is 2. The monoisotopic (exact) mass is 244 g/mol. The fourth-order valence-electron chi connectivity index (χ4n) is 1.53. The van der Waals surface area contributed by atoms with Crippen molar-refractivity contribution in [1.82, 2.24) is 0 Å². The second-order valence-corrected chi connectivity index (χ2v) is 3.53. The van der Waals surface area contributed by atoms with Crippen LogP contribution < -0.4 is 5.43 Å². The lowest BCUT2D eigenvalue weighted by Crippen LogP contribution is -2.06. The van der Waals surface area contributed by atoms with E-state index in [0.29, 0.717) is 11.8 Å². The zero-order valence-corrected chi connectivity index (χ0v) is 9.12. The highest BCUT2D eigenvalue weighted by molar-refractivity contribution is 5.88. The third-order valence-electron chi connectivity index (χ3n) is 2.33. The fourth-order valence-corrected chi connectivity index (χ4v) is 1.53. The number of fused-ring (bicyclic) bond motifs is 1. The van der Waals surface area contributed by atoms with Gasteiger partial charge in [-0.25, -0.2) is 4.79 Å². The average Bonchev–Trinajstić information content (AvgIpc) is 2.36. The summed E-state index contributed by atoms with van der Waals surface area (Å²) in [4.78, 5) is 32.6. The molecule has 0 saturated heterocycles. The van der Waals surface area contributed by atoms with Gasteiger partial charge in [-0.1, -0.05) is 12.1 Å². The second-order valence-electron chi connectivity index (χ2n) is 3.53. The van der Waals surface area contributed by atoms with Gasteiger partial charge in [0.25, 0.3) is 0 Å². The maximum atomic E-state index is 11.7. The van der Waals surface area contributed by atoms with E-state index in [1.807, 2.05) is 0 Å². The van der Waals surface area contributed by atoms with Crippen molar-refractivity contribution in [2.45, 2.75) is 0 Å². The molecule has 1 N–H and O–H groups in total. The summed E-state index contributed by atoms with van der Waals surface area (Å²) in [5.41, 5.74) is 0.420. The first-order chi connectivity index (χ1) is 8.61. The van der Waals surface area contributed by atoms with Crippen LogP contribution in [0.4, 0.5) is 0 Å². The standard InChI is InChI=1S/C13H8O5/c14-5-1-2-8-3-4-11-9(6-8)10(15)7-12(18-11)13(16)17/h1-7H,(H,16,17). The van der Waals surface area contributed by atoms with Gasteiger partial charge >= 0.3 is 5.97 Å². The van der Waals surface area contributed by atoms with E-state index >= 15 is 0 Å². The number of carboxylic acid groups (broad SMARTS) is 1. The quantitative estimate of drug-likeness (QED) is 0.656. The fraction of sp³-hybridized carbons (Fsp3) is 0. The van der Waals surface area contributed by atoms with E-state index in [-0.39, 0.29) is 11.0 Å². The number of allylic oxidation sites excluding steroid dienone is 1. The number of benzene rings is 1.